The van der Waals surface area contributed by atoms with Crippen LogP contribution in [0.2, 0.25) is 0 Å². The molecular formula is C20H28N4O2. The lowest BCUT2D eigenvalue weighted by Gasteiger charge is -2.43. The molecule has 6 heteroatoms. The van der Waals surface area contributed by atoms with Crippen LogP contribution in [0.3, 0.4) is 0 Å². The lowest BCUT2D eigenvalue weighted by Crippen LogP contribution is -2.55. The molecule has 0 aromatic heterocycles. The second-order valence-electron chi connectivity index (χ2n) is 7.74. The molecule has 2 heterocycles. The number of nitrogens with zero attached hydrogens (tertiary/aromatic N) is 3. The highest BCUT2D eigenvalue weighted by atomic mass is 16.2. The highest BCUT2D eigenvalue weighted by Crippen LogP contribution is 2.35. The van der Waals surface area contributed by atoms with E-state index >= 15 is 0 Å². The number of piperidine rings is 1. The van der Waals surface area contributed by atoms with E-state index in [9.17, 15) is 9.59 Å². The standard InChI is InChI=1S/C20H28N4O2/c1-14-7-4-5-8-15(14)11-17(25)24-10-6-9-16(13-24)20(2)12-18(26)23(3)19(21)22-20/h4-5,7-8,16H,6,9-13H2,1-3H3,(H2,21,22)/t16?,20-/m0/s1. The molecule has 1 unspecified atom stereocenters. The van der Waals surface area contributed by atoms with Crippen molar-refractivity contribution in [1.82, 2.24) is 9.80 Å². The molecule has 2 amide bonds. The van der Waals surface area contributed by atoms with E-state index in [2.05, 4.69) is 4.99 Å². The normalized spacial score (nSPS) is 26.7. The van der Waals surface area contributed by atoms with E-state index in [0.29, 0.717) is 19.4 Å². The minimum atomic E-state index is -0.532. The third kappa shape index (κ3) is 3.59. The molecule has 2 aliphatic rings. The molecule has 26 heavy (non-hydrogen) atoms. The Morgan fingerprint density at radius 1 is 1.38 bits per heavy atom. The van der Waals surface area contributed by atoms with Crippen LogP contribution in [0.15, 0.2) is 29.3 Å². The van der Waals surface area contributed by atoms with Gasteiger partial charge in [-0.25, -0.2) is 4.99 Å². The van der Waals surface area contributed by atoms with Crippen molar-refractivity contribution in [2.24, 2.45) is 16.6 Å². The summed E-state index contributed by atoms with van der Waals surface area (Å²) in [5, 5.41) is 0. The van der Waals surface area contributed by atoms with Crippen LogP contribution in [0.5, 0.6) is 0 Å². The predicted octanol–water partition coefficient (Wildman–Crippen LogP) is 1.71. The molecule has 2 atom stereocenters. The molecule has 1 aromatic carbocycles. The molecule has 6 nitrogen and oxygen atoms in total. The lowest BCUT2D eigenvalue weighted by molar-refractivity contribution is -0.133. The number of benzene rings is 1. The second-order valence-corrected chi connectivity index (χ2v) is 7.74. The van der Waals surface area contributed by atoms with E-state index in [-0.39, 0.29) is 23.7 Å². The molecule has 0 bridgehead atoms. The Morgan fingerprint density at radius 2 is 2.12 bits per heavy atom. The van der Waals surface area contributed by atoms with Crippen molar-refractivity contribution in [3.05, 3.63) is 35.4 Å². The number of hydrogen-bond donors (Lipinski definition) is 1. The van der Waals surface area contributed by atoms with Gasteiger partial charge in [0.25, 0.3) is 0 Å². The van der Waals surface area contributed by atoms with Gasteiger partial charge in [-0.1, -0.05) is 24.3 Å². The Bertz CT molecular complexity index is 745. The van der Waals surface area contributed by atoms with Crippen molar-refractivity contribution in [3.8, 4) is 0 Å². The maximum atomic E-state index is 12.8. The summed E-state index contributed by atoms with van der Waals surface area (Å²) in [6.07, 6.45) is 2.65. The zero-order chi connectivity index (χ0) is 18.9. The van der Waals surface area contributed by atoms with E-state index in [4.69, 9.17) is 5.73 Å². The summed E-state index contributed by atoms with van der Waals surface area (Å²) >= 11 is 0. The van der Waals surface area contributed by atoms with E-state index in [1.165, 1.54) is 4.90 Å². The number of rotatable bonds is 3. The van der Waals surface area contributed by atoms with Gasteiger partial charge in [0.15, 0.2) is 5.96 Å². The number of nitrogens with two attached hydrogens (primary N) is 1. The fraction of sp³-hybridized carbons (Fsp3) is 0.550. The fourth-order valence-corrected chi connectivity index (χ4v) is 3.96. The van der Waals surface area contributed by atoms with Gasteiger partial charge < -0.3 is 10.6 Å². The maximum Gasteiger partial charge on any atom is 0.231 e. The summed E-state index contributed by atoms with van der Waals surface area (Å²) < 4.78 is 0. The zero-order valence-electron chi connectivity index (χ0n) is 15.9. The molecule has 1 aromatic rings. The number of carbonyl (C=O) groups is 2. The number of aliphatic imine (C=N–C) groups is 1. The van der Waals surface area contributed by atoms with Crippen LogP contribution in [-0.2, 0) is 16.0 Å². The highest BCUT2D eigenvalue weighted by Gasteiger charge is 2.43. The van der Waals surface area contributed by atoms with Crippen LogP contribution in [0.1, 0.15) is 37.3 Å². The first-order chi connectivity index (χ1) is 12.3. The van der Waals surface area contributed by atoms with Crippen molar-refractivity contribution in [2.45, 2.75) is 45.1 Å². The molecule has 0 saturated carbocycles. The average molecular weight is 356 g/mol. The third-order valence-electron chi connectivity index (χ3n) is 5.85. The van der Waals surface area contributed by atoms with Crippen molar-refractivity contribution in [2.75, 3.05) is 20.1 Å². The van der Waals surface area contributed by atoms with Gasteiger partial charge in [-0.05, 0) is 37.8 Å². The molecule has 1 fully saturated rings. The van der Waals surface area contributed by atoms with E-state index in [0.717, 1.165) is 30.5 Å². The number of guanidine groups is 1. The fourth-order valence-electron chi connectivity index (χ4n) is 3.96. The van der Waals surface area contributed by atoms with Gasteiger partial charge in [0.05, 0.1) is 18.4 Å². The first kappa shape index (κ1) is 18.4. The van der Waals surface area contributed by atoms with Gasteiger partial charge >= 0.3 is 0 Å². The smallest absolute Gasteiger partial charge is 0.231 e. The van der Waals surface area contributed by atoms with Crippen molar-refractivity contribution < 1.29 is 9.59 Å². The Hall–Kier alpha value is -2.37. The summed E-state index contributed by atoms with van der Waals surface area (Å²) in [4.78, 5) is 33.0. The maximum absolute atomic E-state index is 12.8. The minimum Gasteiger partial charge on any atom is -0.369 e. The molecule has 140 valence electrons. The van der Waals surface area contributed by atoms with E-state index in [1.54, 1.807) is 7.05 Å². The molecule has 0 aliphatic carbocycles. The van der Waals surface area contributed by atoms with Crippen LogP contribution >= 0.6 is 0 Å². The first-order valence-corrected chi connectivity index (χ1v) is 9.24. The third-order valence-corrected chi connectivity index (χ3v) is 5.85. The minimum absolute atomic E-state index is 0.0108. The van der Waals surface area contributed by atoms with Crippen LogP contribution in [0.25, 0.3) is 0 Å². The van der Waals surface area contributed by atoms with Crippen molar-refractivity contribution in [1.29, 1.82) is 0 Å². The van der Waals surface area contributed by atoms with Crippen LogP contribution in [0, 0.1) is 12.8 Å². The van der Waals surface area contributed by atoms with Crippen molar-refractivity contribution >= 4 is 17.8 Å². The first-order valence-electron chi connectivity index (χ1n) is 9.24. The van der Waals surface area contributed by atoms with Crippen molar-refractivity contribution in [3.63, 3.8) is 0 Å². The van der Waals surface area contributed by atoms with Gasteiger partial charge in [-0.3, -0.25) is 14.5 Å². The Labute approximate surface area is 155 Å². The van der Waals surface area contributed by atoms with Gasteiger partial charge in [-0.15, -0.1) is 0 Å². The summed E-state index contributed by atoms with van der Waals surface area (Å²) in [6, 6.07) is 8.00. The summed E-state index contributed by atoms with van der Waals surface area (Å²) in [6.45, 7) is 5.42. The zero-order valence-corrected chi connectivity index (χ0v) is 15.9. The summed E-state index contributed by atoms with van der Waals surface area (Å²) in [5.41, 5.74) is 7.62. The summed E-state index contributed by atoms with van der Waals surface area (Å²) in [7, 11) is 1.65. The van der Waals surface area contributed by atoms with Gasteiger partial charge in [0.1, 0.15) is 0 Å². The molecule has 0 spiro atoms. The van der Waals surface area contributed by atoms with Crippen LogP contribution in [0.4, 0.5) is 0 Å². The van der Waals surface area contributed by atoms with Gasteiger partial charge in [0.2, 0.25) is 11.8 Å². The molecule has 1 saturated heterocycles. The van der Waals surface area contributed by atoms with Crippen LogP contribution in [-0.4, -0.2) is 53.2 Å². The SMILES string of the molecule is Cc1ccccc1CC(=O)N1CCCC([C@]2(C)CC(=O)N(C)C(N)=N2)C1. The molecule has 2 N–H and O–H groups in total. The highest BCUT2D eigenvalue weighted by molar-refractivity contribution is 5.98. The van der Waals surface area contributed by atoms with E-state index in [1.807, 2.05) is 43.0 Å². The molecule has 2 aliphatic heterocycles. The van der Waals surface area contributed by atoms with Gasteiger partial charge in [0, 0.05) is 26.1 Å². The quantitative estimate of drug-likeness (QED) is 0.895. The Kier molecular flexibility index (Phi) is 5.03. The number of amides is 2. The Morgan fingerprint density at radius 3 is 2.81 bits per heavy atom. The van der Waals surface area contributed by atoms with Gasteiger partial charge in [-0.2, -0.15) is 0 Å². The van der Waals surface area contributed by atoms with E-state index < -0.39 is 5.54 Å². The van der Waals surface area contributed by atoms with Crippen LogP contribution < -0.4 is 5.73 Å². The lowest BCUT2D eigenvalue weighted by atomic mass is 9.77. The predicted molar refractivity (Wildman–Crippen MR) is 102 cm³/mol. The number of hydrogen-bond acceptors (Lipinski definition) is 4. The number of likely N-dealkylation sites (tertiary alicyclic amines) is 1. The number of carbonyl (C=O) groups excluding carboxylic acids is 2. The topological polar surface area (TPSA) is 79.0 Å². The largest absolute Gasteiger partial charge is 0.369 e. The molecule has 0 radical (unpaired) electrons. The molecule has 3 rings (SSSR count). The average Bonchev–Trinajstić information content (AvgIpc) is 2.61. The number of aryl methyl sites for hydroxylation is 1. The monoisotopic (exact) mass is 356 g/mol. The second kappa shape index (κ2) is 7.09. The Balaban J connectivity index is 1.72. The molecular weight excluding hydrogens is 328 g/mol. The summed E-state index contributed by atoms with van der Waals surface area (Å²) in [5.74, 6) is 0.549.